The smallest absolute Gasteiger partial charge is 0.338 e. The minimum Gasteiger partial charge on any atom is -0.465 e. The number of hydrogen-bond donors (Lipinski definition) is 1. The summed E-state index contributed by atoms with van der Waals surface area (Å²) in [7, 11) is 1.20. The van der Waals surface area contributed by atoms with Crippen LogP contribution in [0.15, 0.2) is 46.0 Å². The van der Waals surface area contributed by atoms with Crippen molar-refractivity contribution in [3.05, 3.63) is 68.5 Å². The number of rotatable bonds is 6. The van der Waals surface area contributed by atoms with Crippen molar-refractivity contribution in [2.75, 3.05) is 7.11 Å². The fraction of sp³-hybridized carbons (Fsp3) is 0.318. The molecule has 1 amide bonds. The first kappa shape index (κ1) is 21.9. The number of methoxy groups -OCH3 is 1. The fourth-order valence-corrected chi connectivity index (χ4v) is 3.25. The van der Waals surface area contributed by atoms with Crippen LogP contribution in [0.2, 0.25) is 0 Å². The zero-order valence-electron chi connectivity index (χ0n) is 17.8. The third-order valence-electron chi connectivity index (χ3n) is 4.96. The molecule has 1 aromatic carbocycles. The molecule has 2 heterocycles. The number of carbonyl (C=O) groups is 2. The van der Waals surface area contributed by atoms with Crippen LogP contribution in [0.25, 0.3) is 16.7 Å². The van der Waals surface area contributed by atoms with Crippen LogP contribution in [0.5, 0.6) is 0 Å². The van der Waals surface area contributed by atoms with Gasteiger partial charge in [0.05, 0.1) is 23.7 Å². The molecule has 1 N–H and O–H groups in total. The zero-order valence-corrected chi connectivity index (χ0v) is 17.8. The molecule has 9 nitrogen and oxygen atoms in total. The van der Waals surface area contributed by atoms with Crippen LogP contribution in [-0.4, -0.2) is 39.1 Å². The van der Waals surface area contributed by atoms with Crippen molar-refractivity contribution < 1.29 is 14.3 Å². The summed E-state index contributed by atoms with van der Waals surface area (Å²) in [5, 5.41) is 2.66. The Labute approximate surface area is 178 Å². The van der Waals surface area contributed by atoms with E-state index in [1.165, 1.54) is 17.7 Å². The van der Waals surface area contributed by atoms with E-state index in [1.54, 1.807) is 37.3 Å². The Hall–Kier alpha value is -3.75. The van der Waals surface area contributed by atoms with Crippen molar-refractivity contribution in [3.8, 4) is 5.69 Å². The first-order valence-corrected chi connectivity index (χ1v) is 9.88. The Morgan fingerprint density at radius 1 is 1.19 bits per heavy atom. The molecular weight excluding hydrogens is 400 g/mol. The number of ether oxygens (including phenoxy) is 1. The van der Waals surface area contributed by atoms with E-state index in [1.807, 2.05) is 13.8 Å². The van der Waals surface area contributed by atoms with E-state index < -0.39 is 29.7 Å². The number of nitrogens with zero attached hydrogens (tertiary/aromatic N) is 3. The molecule has 31 heavy (non-hydrogen) atoms. The Morgan fingerprint density at radius 3 is 2.48 bits per heavy atom. The number of fused-ring (bicyclic) bond motifs is 1. The second-order valence-electron chi connectivity index (χ2n) is 7.22. The van der Waals surface area contributed by atoms with Crippen molar-refractivity contribution in [3.63, 3.8) is 0 Å². The maximum Gasteiger partial charge on any atom is 0.338 e. The maximum absolute atomic E-state index is 13.3. The Kier molecular flexibility index (Phi) is 6.33. The Balaban J connectivity index is 2.39. The highest BCUT2D eigenvalue weighted by Crippen LogP contribution is 2.18. The molecule has 0 bridgehead atoms. The highest BCUT2D eigenvalue weighted by Gasteiger charge is 2.23. The SMILES string of the molecule is CC[C@H](C)NC(=O)Cn1c(=O)c2c(C(=O)OC)cc(C)nc2n(-c2ccccc2)c1=O. The number of benzene rings is 1. The summed E-state index contributed by atoms with van der Waals surface area (Å²) in [6, 6.07) is 9.91. The molecule has 162 valence electrons. The second kappa shape index (κ2) is 8.95. The molecule has 3 aromatic rings. The fourth-order valence-electron chi connectivity index (χ4n) is 3.25. The number of aromatic nitrogens is 3. The number of para-hydroxylation sites is 1. The second-order valence-corrected chi connectivity index (χ2v) is 7.22. The molecule has 0 saturated heterocycles. The number of esters is 1. The number of nitrogens with one attached hydrogen (secondary N) is 1. The summed E-state index contributed by atoms with van der Waals surface area (Å²) in [5.74, 6) is -1.21. The minimum absolute atomic E-state index is 0.0178. The van der Waals surface area contributed by atoms with Crippen molar-refractivity contribution in [2.45, 2.75) is 39.8 Å². The summed E-state index contributed by atoms with van der Waals surface area (Å²) in [6.07, 6.45) is 0.697. The van der Waals surface area contributed by atoms with Gasteiger partial charge in [0.25, 0.3) is 5.56 Å². The molecule has 0 unspecified atom stereocenters. The molecule has 1 atom stereocenters. The molecule has 0 saturated carbocycles. The van der Waals surface area contributed by atoms with Crippen molar-refractivity contribution >= 4 is 22.9 Å². The molecular formula is C22H24N4O5. The van der Waals surface area contributed by atoms with Gasteiger partial charge in [-0.15, -0.1) is 0 Å². The van der Waals surface area contributed by atoms with Crippen LogP contribution >= 0.6 is 0 Å². The molecule has 0 aliphatic heterocycles. The molecule has 0 radical (unpaired) electrons. The third kappa shape index (κ3) is 4.25. The van der Waals surface area contributed by atoms with Crippen molar-refractivity contribution in [2.24, 2.45) is 0 Å². The van der Waals surface area contributed by atoms with Crippen LogP contribution in [0.3, 0.4) is 0 Å². The lowest BCUT2D eigenvalue weighted by molar-refractivity contribution is -0.122. The third-order valence-corrected chi connectivity index (χ3v) is 4.96. The first-order valence-electron chi connectivity index (χ1n) is 9.88. The van der Waals surface area contributed by atoms with E-state index in [0.717, 1.165) is 4.57 Å². The number of carbonyl (C=O) groups excluding carboxylic acids is 2. The summed E-state index contributed by atoms with van der Waals surface area (Å²) in [5.41, 5.74) is -0.613. The summed E-state index contributed by atoms with van der Waals surface area (Å²) < 4.78 is 6.88. The minimum atomic E-state index is -0.778. The van der Waals surface area contributed by atoms with Gasteiger partial charge in [0, 0.05) is 11.7 Å². The van der Waals surface area contributed by atoms with Gasteiger partial charge >= 0.3 is 11.7 Å². The van der Waals surface area contributed by atoms with E-state index in [9.17, 15) is 19.2 Å². The standard InChI is InChI=1S/C22H24N4O5/c1-5-13(2)23-17(27)12-25-20(28)18-16(21(29)31-4)11-14(3)24-19(18)26(22(25)30)15-9-7-6-8-10-15/h6-11,13H,5,12H2,1-4H3,(H,23,27)/t13-/m0/s1. The first-order chi connectivity index (χ1) is 14.8. The summed E-state index contributed by atoms with van der Waals surface area (Å²) >= 11 is 0. The van der Waals surface area contributed by atoms with E-state index in [0.29, 0.717) is 17.8 Å². The topological polar surface area (TPSA) is 112 Å². The van der Waals surface area contributed by atoms with Crippen LogP contribution < -0.4 is 16.6 Å². The lowest BCUT2D eigenvalue weighted by atomic mass is 10.1. The average Bonchev–Trinajstić information content (AvgIpc) is 2.76. The van der Waals surface area contributed by atoms with Crippen molar-refractivity contribution in [1.29, 1.82) is 0 Å². The maximum atomic E-state index is 13.3. The molecule has 0 aliphatic carbocycles. The predicted molar refractivity (Wildman–Crippen MR) is 116 cm³/mol. The Bertz CT molecular complexity index is 1260. The molecule has 0 spiro atoms. The Morgan fingerprint density at radius 2 is 1.87 bits per heavy atom. The molecule has 9 heteroatoms. The average molecular weight is 424 g/mol. The van der Waals surface area contributed by atoms with E-state index >= 15 is 0 Å². The van der Waals surface area contributed by atoms with Gasteiger partial charge in [0.1, 0.15) is 6.54 Å². The van der Waals surface area contributed by atoms with Crippen LogP contribution in [-0.2, 0) is 16.1 Å². The zero-order chi connectivity index (χ0) is 22.7. The lowest BCUT2D eigenvalue weighted by Crippen LogP contribution is -2.45. The van der Waals surface area contributed by atoms with Gasteiger partial charge in [-0.3, -0.25) is 9.59 Å². The van der Waals surface area contributed by atoms with Crippen LogP contribution in [0.4, 0.5) is 0 Å². The van der Waals surface area contributed by atoms with Crippen LogP contribution in [0, 0.1) is 6.92 Å². The number of amides is 1. The van der Waals surface area contributed by atoms with Crippen LogP contribution in [0.1, 0.15) is 36.3 Å². The molecule has 0 aliphatic rings. The number of aryl methyl sites for hydroxylation is 1. The monoisotopic (exact) mass is 424 g/mol. The van der Waals surface area contributed by atoms with Crippen molar-refractivity contribution in [1.82, 2.24) is 19.4 Å². The van der Waals surface area contributed by atoms with Gasteiger partial charge in [-0.2, -0.15) is 0 Å². The van der Waals surface area contributed by atoms with Gasteiger partial charge in [-0.25, -0.2) is 23.7 Å². The summed E-state index contributed by atoms with van der Waals surface area (Å²) in [4.78, 5) is 55.9. The van der Waals surface area contributed by atoms with E-state index in [-0.39, 0.29) is 22.6 Å². The van der Waals surface area contributed by atoms with E-state index in [2.05, 4.69) is 10.3 Å². The molecule has 3 rings (SSSR count). The van der Waals surface area contributed by atoms with Gasteiger partial charge in [-0.1, -0.05) is 25.1 Å². The highest BCUT2D eigenvalue weighted by atomic mass is 16.5. The molecule has 0 fully saturated rings. The highest BCUT2D eigenvalue weighted by molar-refractivity contribution is 6.02. The number of hydrogen-bond acceptors (Lipinski definition) is 6. The number of pyridine rings is 1. The van der Waals surface area contributed by atoms with Gasteiger partial charge < -0.3 is 10.1 Å². The van der Waals surface area contributed by atoms with Gasteiger partial charge in [0.2, 0.25) is 5.91 Å². The lowest BCUT2D eigenvalue weighted by Gasteiger charge is -2.16. The largest absolute Gasteiger partial charge is 0.465 e. The quantitative estimate of drug-likeness (QED) is 0.601. The van der Waals surface area contributed by atoms with Gasteiger partial charge in [0.15, 0.2) is 5.65 Å². The normalized spacial score (nSPS) is 11.9. The molecule has 2 aromatic heterocycles. The van der Waals surface area contributed by atoms with Gasteiger partial charge in [-0.05, 0) is 38.5 Å². The van der Waals surface area contributed by atoms with E-state index in [4.69, 9.17) is 4.74 Å². The summed E-state index contributed by atoms with van der Waals surface area (Å²) in [6.45, 7) is 4.90. The predicted octanol–water partition coefficient (Wildman–Crippen LogP) is 1.56.